The zero-order valence-electron chi connectivity index (χ0n) is 13.3. The molecule has 0 unspecified atom stereocenters. The van der Waals surface area contributed by atoms with E-state index < -0.39 is 11.7 Å². The van der Waals surface area contributed by atoms with Gasteiger partial charge in [0.1, 0.15) is 0 Å². The summed E-state index contributed by atoms with van der Waals surface area (Å²) in [6.07, 6.45) is 0.488. The molecule has 0 aliphatic heterocycles. The van der Waals surface area contributed by atoms with Crippen LogP contribution in [-0.2, 0) is 6.18 Å². The molecule has 0 spiro atoms. The maximum Gasteiger partial charge on any atom is 0.416 e. The van der Waals surface area contributed by atoms with Crippen molar-refractivity contribution in [3.05, 3.63) is 71.3 Å². The first kappa shape index (κ1) is 18.5. The minimum Gasteiger partial charge on any atom is -0.332 e. The largest absolute Gasteiger partial charge is 0.416 e. The van der Waals surface area contributed by atoms with Crippen molar-refractivity contribution < 1.29 is 13.2 Å². The van der Waals surface area contributed by atoms with Crippen molar-refractivity contribution in [1.29, 1.82) is 5.26 Å². The molecular weight excluding hydrogens is 347 g/mol. The number of aromatic nitrogens is 1. The summed E-state index contributed by atoms with van der Waals surface area (Å²) in [6.45, 7) is 5.45. The number of hydrogen-bond acceptors (Lipinski definition) is 4. The Morgan fingerprint density at radius 1 is 1.40 bits per heavy atom. The summed E-state index contributed by atoms with van der Waals surface area (Å²) >= 11 is 1.25. The van der Waals surface area contributed by atoms with Crippen LogP contribution >= 0.6 is 11.3 Å². The van der Waals surface area contributed by atoms with Crippen LogP contribution < -0.4 is 5.32 Å². The van der Waals surface area contributed by atoms with Crippen LogP contribution in [0.4, 0.5) is 24.0 Å². The van der Waals surface area contributed by atoms with E-state index in [1.54, 1.807) is 30.5 Å². The fourth-order valence-electron chi connectivity index (χ4n) is 1.95. The number of nitrogens with one attached hydrogen (secondary N) is 1. The number of allylic oxidation sites excluding steroid dienone is 5. The van der Waals surface area contributed by atoms with Crippen molar-refractivity contribution in [2.75, 3.05) is 5.32 Å². The standard InChI is InChI=1S/C18H14F3N3S/c1-3-12(10-22)8-13(4-2)16-11-25-17(24-16)23-15-7-5-6-14(9-15)18(19,20)21/h3-9,11H,2H2,1H3,(H,23,24)/b12-3+,13-8+. The van der Waals surface area contributed by atoms with Crippen LogP contribution in [0.25, 0.3) is 5.57 Å². The van der Waals surface area contributed by atoms with Crippen molar-refractivity contribution in [1.82, 2.24) is 4.98 Å². The lowest BCUT2D eigenvalue weighted by molar-refractivity contribution is -0.137. The van der Waals surface area contributed by atoms with Gasteiger partial charge in [-0.15, -0.1) is 11.3 Å². The second kappa shape index (κ2) is 7.81. The molecule has 0 amide bonds. The van der Waals surface area contributed by atoms with Gasteiger partial charge >= 0.3 is 6.18 Å². The average Bonchev–Trinajstić information content (AvgIpc) is 3.04. The summed E-state index contributed by atoms with van der Waals surface area (Å²) in [4.78, 5) is 4.34. The Kier molecular flexibility index (Phi) is 5.78. The van der Waals surface area contributed by atoms with E-state index in [-0.39, 0.29) is 0 Å². The van der Waals surface area contributed by atoms with Gasteiger partial charge in [-0.05, 0) is 31.2 Å². The van der Waals surface area contributed by atoms with Crippen molar-refractivity contribution in [3.8, 4) is 6.07 Å². The molecule has 0 atom stereocenters. The molecule has 0 saturated heterocycles. The number of benzene rings is 1. The molecule has 0 fully saturated rings. The summed E-state index contributed by atoms with van der Waals surface area (Å²) in [5.41, 5.74) is 1.28. The van der Waals surface area contributed by atoms with Crippen LogP contribution in [-0.4, -0.2) is 4.98 Å². The molecular formula is C18H14F3N3S. The third-order valence-electron chi connectivity index (χ3n) is 3.21. The van der Waals surface area contributed by atoms with Crippen molar-refractivity contribution in [2.24, 2.45) is 0 Å². The van der Waals surface area contributed by atoms with Gasteiger partial charge in [-0.1, -0.05) is 24.8 Å². The van der Waals surface area contributed by atoms with Crippen molar-refractivity contribution >= 4 is 27.7 Å². The first-order valence-electron chi connectivity index (χ1n) is 7.18. The molecule has 0 radical (unpaired) electrons. The number of thiazole rings is 1. The highest BCUT2D eigenvalue weighted by Gasteiger charge is 2.30. The molecule has 1 N–H and O–H groups in total. The minimum atomic E-state index is -4.40. The van der Waals surface area contributed by atoms with Crippen LogP contribution in [0.1, 0.15) is 18.2 Å². The molecule has 1 aromatic heterocycles. The Labute approximate surface area is 147 Å². The van der Waals surface area contributed by atoms with Gasteiger partial charge in [0.2, 0.25) is 0 Å². The number of halogens is 3. The van der Waals surface area contributed by atoms with Gasteiger partial charge in [-0.3, -0.25) is 0 Å². The van der Waals surface area contributed by atoms with Crippen LogP contribution in [0.2, 0.25) is 0 Å². The highest BCUT2D eigenvalue weighted by atomic mass is 32.1. The second-order valence-corrected chi connectivity index (χ2v) is 5.76. The lowest BCUT2D eigenvalue weighted by Crippen LogP contribution is -2.05. The highest BCUT2D eigenvalue weighted by Crippen LogP contribution is 2.32. The molecule has 128 valence electrons. The van der Waals surface area contributed by atoms with E-state index in [0.29, 0.717) is 27.7 Å². The van der Waals surface area contributed by atoms with Gasteiger partial charge in [-0.25, -0.2) is 4.98 Å². The van der Waals surface area contributed by atoms with E-state index in [1.807, 2.05) is 6.07 Å². The second-order valence-electron chi connectivity index (χ2n) is 4.90. The average molecular weight is 361 g/mol. The Morgan fingerprint density at radius 3 is 2.76 bits per heavy atom. The molecule has 0 bridgehead atoms. The van der Waals surface area contributed by atoms with Gasteiger partial charge in [0.05, 0.1) is 17.3 Å². The van der Waals surface area contributed by atoms with Gasteiger partial charge < -0.3 is 5.32 Å². The Balaban J connectivity index is 2.25. The van der Waals surface area contributed by atoms with E-state index in [1.165, 1.54) is 23.5 Å². The zero-order valence-corrected chi connectivity index (χ0v) is 14.1. The van der Waals surface area contributed by atoms with Crippen molar-refractivity contribution in [2.45, 2.75) is 13.1 Å². The van der Waals surface area contributed by atoms with Crippen LogP contribution in [0, 0.1) is 11.3 Å². The fraction of sp³-hybridized carbons (Fsp3) is 0.111. The topological polar surface area (TPSA) is 48.7 Å². The lowest BCUT2D eigenvalue weighted by Gasteiger charge is -2.08. The fourth-order valence-corrected chi connectivity index (χ4v) is 2.69. The van der Waals surface area contributed by atoms with E-state index in [4.69, 9.17) is 5.26 Å². The molecule has 2 rings (SSSR count). The molecule has 1 aromatic carbocycles. The normalized spacial score (nSPS) is 12.6. The number of rotatable bonds is 5. The number of hydrogen-bond donors (Lipinski definition) is 1. The van der Waals surface area contributed by atoms with E-state index in [2.05, 4.69) is 16.9 Å². The number of alkyl halides is 3. The first-order chi connectivity index (χ1) is 11.9. The molecule has 0 aliphatic rings. The Bertz CT molecular complexity index is 870. The van der Waals surface area contributed by atoms with Gasteiger partial charge in [-0.2, -0.15) is 18.4 Å². The Morgan fingerprint density at radius 2 is 2.16 bits per heavy atom. The molecule has 0 saturated carbocycles. The molecule has 1 heterocycles. The third kappa shape index (κ3) is 4.81. The smallest absolute Gasteiger partial charge is 0.332 e. The predicted octanol–water partition coefficient (Wildman–Crippen LogP) is 5.94. The molecule has 25 heavy (non-hydrogen) atoms. The number of anilines is 2. The van der Waals surface area contributed by atoms with Crippen LogP contribution in [0.3, 0.4) is 0 Å². The Hall–Kier alpha value is -2.85. The number of nitriles is 1. The summed E-state index contributed by atoms with van der Waals surface area (Å²) in [6, 6.07) is 6.95. The molecule has 0 aliphatic carbocycles. The van der Waals surface area contributed by atoms with E-state index in [0.717, 1.165) is 12.1 Å². The van der Waals surface area contributed by atoms with E-state index in [9.17, 15) is 13.2 Å². The SMILES string of the molecule is C=C/C(=C\C(C#N)=C/C)c1csc(Nc2cccc(C(F)(F)F)c2)n1. The zero-order chi connectivity index (χ0) is 18.4. The van der Waals surface area contributed by atoms with Crippen LogP contribution in [0.15, 0.2) is 60.0 Å². The van der Waals surface area contributed by atoms with Crippen molar-refractivity contribution in [3.63, 3.8) is 0 Å². The molecule has 7 heteroatoms. The molecule has 2 aromatic rings. The quantitative estimate of drug-likeness (QED) is 0.529. The highest BCUT2D eigenvalue weighted by molar-refractivity contribution is 7.13. The summed E-state index contributed by atoms with van der Waals surface area (Å²) in [5, 5.41) is 14.0. The van der Waals surface area contributed by atoms with E-state index >= 15 is 0 Å². The summed E-state index contributed by atoms with van der Waals surface area (Å²) in [7, 11) is 0. The van der Waals surface area contributed by atoms with Gasteiger partial charge in [0, 0.05) is 22.2 Å². The summed E-state index contributed by atoms with van der Waals surface area (Å²) < 4.78 is 38.3. The lowest BCUT2D eigenvalue weighted by atomic mass is 10.1. The van der Waals surface area contributed by atoms with Gasteiger partial charge in [0.25, 0.3) is 0 Å². The summed E-state index contributed by atoms with van der Waals surface area (Å²) in [5.74, 6) is 0. The van der Waals surface area contributed by atoms with Gasteiger partial charge in [0.15, 0.2) is 5.13 Å². The predicted molar refractivity (Wildman–Crippen MR) is 94.4 cm³/mol. The minimum absolute atomic E-state index is 0.297. The first-order valence-corrected chi connectivity index (χ1v) is 8.06. The molecule has 3 nitrogen and oxygen atoms in total. The monoisotopic (exact) mass is 361 g/mol. The maximum atomic E-state index is 12.8. The third-order valence-corrected chi connectivity index (χ3v) is 3.97. The number of nitrogens with zero attached hydrogens (tertiary/aromatic N) is 2. The van der Waals surface area contributed by atoms with Crippen LogP contribution in [0.5, 0.6) is 0 Å². The maximum absolute atomic E-state index is 12.8.